The van der Waals surface area contributed by atoms with Gasteiger partial charge in [0.25, 0.3) is 0 Å². The lowest BCUT2D eigenvalue weighted by molar-refractivity contribution is -0.0202. The Morgan fingerprint density at radius 1 is 1.04 bits per heavy atom. The molecule has 0 aliphatic carbocycles. The predicted molar refractivity (Wildman–Crippen MR) is 90.2 cm³/mol. The highest BCUT2D eigenvalue weighted by molar-refractivity contribution is 7.99. The van der Waals surface area contributed by atoms with Crippen LogP contribution in [0.2, 0.25) is 0 Å². The van der Waals surface area contributed by atoms with Crippen molar-refractivity contribution in [3.05, 3.63) is 66.2 Å². The number of rotatable bonds is 7. The smallest absolute Gasteiger partial charge is 0.338 e. The molecular formula is C18H20O4S. The molecule has 122 valence electrons. The molecule has 4 nitrogen and oxygen atoms in total. The van der Waals surface area contributed by atoms with Crippen LogP contribution in [0, 0.1) is 0 Å². The largest absolute Gasteiger partial charge is 0.456 e. The van der Waals surface area contributed by atoms with Gasteiger partial charge in [-0.05, 0) is 31.2 Å². The SMILES string of the molecule is C[C@H](OC(=O)c1ccccc1)[C@@H](O)CC(O)Sc1ccccc1. The van der Waals surface area contributed by atoms with E-state index in [-0.39, 0.29) is 6.42 Å². The number of carbonyl (C=O) groups excluding carboxylic acids is 1. The lowest BCUT2D eigenvalue weighted by Gasteiger charge is -2.21. The fraction of sp³-hybridized carbons (Fsp3) is 0.278. The Morgan fingerprint density at radius 3 is 2.22 bits per heavy atom. The molecule has 0 saturated carbocycles. The van der Waals surface area contributed by atoms with Crippen molar-refractivity contribution in [1.82, 2.24) is 0 Å². The van der Waals surface area contributed by atoms with E-state index in [1.54, 1.807) is 31.2 Å². The van der Waals surface area contributed by atoms with Crippen LogP contribution < -0.4 is 0 Å². The third-order valence-electron chi connectivity index (χ3n) is 3.30. The third-order valence-corrected chi connectivity index (χ3v) is 4.31. The van der Waals surface area contributed by atoms with Gasteiger partial charge in [0.15, 0.2) is 0 Å². The van der Waals surface area contributed by atoms with Gasteiger partial charge >= 0.3 is 5.97 Å². The standard InChI is InChI=1S/C18H20O4S/c1-13(22-18(21)14-8-4-2-5-9-14)16(19)12-17(20)23-15-10-6-3-7-11-15/h2-11,13,16-17,19-20H,12H2,1H3/t13-,16-,17?/m0/s1. The van der Waals surface area contributed by atoms with E-state index in [1.165, 1.54) is 11.8 Å². The summed E-state index contributed by atoms with van der Waals surface area (Å²) in [4.78, 5) is 12.9. The van der Waals surface area contributed by atoms with Gasteiger partial charge in [-0.2, -0.15) is 0 Å². The van der Waals surface area contributed by atoms with E-state index in [0.29, 0.717) is 5.56 Å². The molecule has 0 spiro atoms. The third kappa shape index (κ3) is 5.71. The summed E-state index contributed by atoms with van der Waals surface area (Å²) in [5.74, 6) is -0.484. The average Bonchev–Trinajstić information content (AvgIpc) is 2.56. The lowest BCUT2D eigenvalue weighted by atomic mass is 10.1. The second kappa shape index (κ2) is 8.72. The quantitative estimate of drug-likeness (QED) is 0.463. The molecule has 0 aliphatic heterocycles. The zero-order valence-corrected chi connectivity index (χ0v) is 13.6. The number of benzene rings is 2. The van der Waals surface area contributed by atoms with E-state index in [0.717, 1.165) is 4.90 Å². The van der Waals surface area contributed by atoms with E-state index in [9.17, 15) is 15.0 Å². The van der Waals surface area contributed by atoms with Gasteiger partial charge < -0.3 is 14.9 Å². The van der Waals surface area contributed by atoms with Gasteiger partial charge in [-0.3, -0.25) is 0 Å². The molecule has 3 atom stereocenters. The van der Waals surface area contributed by atoms with Gasteiger partial charge in [-0.1, -0.05) is 48.2 Å². The van der Waals surface area contributed by atoms with Crippen LogP contribution in [0.3, 0.4) is 0 Å². The minimum absolute atomic E-state index is 0.114. The van der Waals surface area contributed by atoms with Gasteiger partial charge in [-0.25, -0.2) is 4.79 Å². The summed E-state index contributed by atoms with van der Waals surface area (Å²) in [7, 11) is 0. The topological polar surface area (TPSA) is 66.8 Å². The zero-order chi connectivity index (χ0) is 16.7. The minimum Gasteiger partial charge on any atom is -0.456 e. The number of hydrogen-bond acceptors (Lipinski definition) is 5. The average molecular weight is 332 g/mol. The lowest BCUT2D eigenvalue weighted by Crippen LogP contribution is -2.31. The molecule has 5 heteroatoms. The second-order valence-corrected chi connectivity index (χ2v) is 6.42. The maximum atomic E-state index is 11.9. The van der Waals surface area contributed by atoms with Gasteiger partial charge in [0.2, 0.25) is 0 Å². The molecule has 2 aromatic carbocycles. The summed E-state index contributed by atoms with van der Waals surface area (Å²) >= 11 is 1.26. The van der Waals surface area contributed by atoms with Crippen LogP contribution in [-0.4, -0.2) is 33.8 Å². The number of esters is 1. The first kappa shape index (κ1) is 17.5. The number of carbonyl (C=O) groups is 1. The van der Waals surface area contributed by atoms with Crippen LogP contribution in [-0.2, 0) is 4.74 Å². The van der Waals surface area contributed by atoms with E-state index in [2.05, 4.69) is 0 Å². The highest BCUT2D eigenvalue weighted by atomic mass is 32.2. The molecule has 0 radical (unpaired) electrons. The first-order valence-electron chi connectivity index (χ1n) is 7.40. The number of ether oxygens (including phenoxy) is 1. The normalized spacial score (nSPS) is 14.7. The van der Waals surface area contributed by atoms with Crippen molar-refractivity contribution in [2.45, 2.75) is 35.9 Å². The van der Waals surface area contributed by atoms with Crippen molar-refractivity contribution in [1.29, 1.82) is 0 Å². The number of aliphatic hydroxyl groups is 2. The van der Waals surface area contributed by atoms with Gasteiger partial charge in [0, 0.05) is 11.3 Å². The van der Waals surface area contributed by atoms with E-state index in [1.807, 2.05) is 36.4 Å². The highest BCUT2D eigenvalue weighted by Gasteiger charge is 2.22. The van der Waals surface area contributed by atoms with Crippen molar-refractivity contribution >= 4 is 17.7 Å². The number of aliphatic hydroxyl groups excluding tert-OH is 2. The molecular weight excluding hydrogens is 312 g/mol. The summed E-state index contributed by atoms with van der Waals surface area (Å²) in [5.41, 5.74) is -0.337. The number of thioether (sulfide) groups is 1. The summed E-state index contributed by atoms with van der Waals surface area (Å²) in [6.07, 6.45) is -1.52. The molecule has 2 rings (SSSR count). The van der Waals surface area contributed by atoms with Crippen molar-refractivity contribution in [3.8, 4) is 0 Å². The Kier molecular flexibility index (Phi) is 6.65. The molecule has 0 heterocycles. The molecule has 23 heavy (non-hydrogen) atoms. The number of hydrogen-bond donors (Lipinski definition) is 2. The minimum atomic E-state index is -0.936. The van der Waals surface area contributed by atoms with Crippen LogP contribution in [0.1, 0.15) is 23.7 Å². The van der Waals surface area contributed by atoms with Crippen molar-refractivity contribution in [3.63, 3.8) is 0 Å². The fourth-order valence-corrected chi connectivity index (χ4v) is 2.91. The maximum Gasteiger partial charge on any atom is 0.338 e. The summed E-state index contributed by atoms with van der Waals surface area (Å²) in [6.45, 7) is 1.62. The van der Waals surface area contributed by atoms with Crippen LogP contribution >= 0.6 is 11.8 Å². The Bertz CT molecular complexity index is 603. The van der Waals surface area contributed by atoms with Crippen LogP contribution in [0.4, 0.5) is 0 Å². The van der Waals surface area contributed by atoms with E-state index < -0.39 is 23.6 Å². The Labute approximate surface area is 140 Å². The summed E-state index contributed by atoms with van der Waals surface area (Å²) in [6, 6.07) is 18.1. The van der Waals surface area contributed by atoms with Gasteiger partial charge in [0.05, 0.1) is 11.7 Å². The molecule has 0 amide bonds. The molecule has 1 unspecified atom stereocenters. The Morgan fingerprint density at radius 2 is 1.61 bits per heavy atom. The molecule has 2 aromatic rings. The fourth-order valence-electron chi connectivity index (χ4n) is 1.99. The molecule has 0 bridgehead atoms. The monoisotopic (exact) mass is 332 g/mol. The summed E-state index contributed by atoms with van der Waals surface area (Å²) in [5, 5.41) is 20.1. The van der Waals surface area contributed by atoms with Gasteiger partial charge in [-0.15, -0.1) is 0 Å². The molecule has 0 fully saturated rings. The predicted octanol–water partition coefficient (Wildman–Crippen LogP) is 3.09. The first-order valence-corrected chi connectivity index (χ1v) is 8.28. The van der Waals surface area contributed by atoms with Crippen molar-refractivity contribution in [2.75, 3.05) is 0 Å². The molecule has 2 N–H and O–H groups in total. The molecule has 0 aliphatic rings. The van der Waals surface area contributed by atoms with Crippen LogP contribution in [0.25, 0.3) is 0 Å². The Balaban J connectivity index is 1.82. The van der Waals surface area contributed by atoms with Crippen LogP contribution in [0.15, 0.2) is 65.6 Å². The molecule has 0 saturated heterocycles. The van der Waals surface area contributed by atoms with E-state index in [4.69, 9.17) is 4.74 Å². The Hall–Kier alpha value is -1.82. The zero-order valence-electron chi connectivity index (χ0n) is 12.8. The highest BCUT2D eigenvalue weighted by Crippen LogP contribution is 2.25. The second-order valence-electron chi connectivity index (χ2n) is 5.17. The summed E-state index contributed by atoms with van der Waals surface area (Å²) < 4.78 is 5.24. The van der Waals surface area contributed by atoms with Crippen molar-refractivity contribution in [2.24, 2.45) is 0 Å². The van der Waals surface area contributed by atoms with Gasteiger partial charge in [0.1, 0.15) is 11.5 Å². The molecule has 0 aromatic heterocycles. The van der Waals surface area contributed by atoms with E-state index >= 15 is 0 Å². The first-order chi connectivity index (χ1) is 11.1. The van der Waals surface area contributed by atoms with Crippen molar-refractivity contribution < 1.29 is 19.7 Å². The van der Waals surface area contributed by atoms with Crippen LogP contribution in [0.5, 0.6) is 0 Å². The maximum absolute atomic E-state index is 11.9.